The zero-order valence-electron chi connectivity index (χ0n) is 24.2. The van der Waals surface area contributed by atoms with Crippen molar-refractivity contribution >= 4 is 29.6 Å². The van der Waals surface area contributed by atoms with Crippen molar-refractivity contribution in [2.24, 2.45) is 17.8 Å². The number of aliphatic hydroxyl groups excluding tert-OH is 2. The molecule has 4 atom stereocenters. The molecular weight excluding hydrogens is 564 g/mol. The number of fused-ring (bicyclic) bond motifs is 1. The largest absolute Gasteiger partial charge is 0.508 e. The minimum atomic E-state index is -1.11. The van der Waals surface area contributed by atoms with Gasteiger partial charge in [-0.05, 0) is 84.0 Å². The second-order valence-corrected chi connectivity index (χ2v) is 10.8. The predicted octanol–water partition coefficient (Wildman–Crippen LogP) is 4.22. The zero-order valence-corrected chi connectivity index (χ0v) is 24.2. The maximum absolute atomic E-state index is 13.4. The average molecular weight is 599 g/mol. The van der Waals surface area contributed by atoms with Gasteiger partial charge in [0.1, 0.15) is 18.1 Å². The Bertz CT molecular complexity index is 1550. The van der Waals surface area contributed by atoms with Crippen LogP contribution < -0.4 is 4.74 Å². The summed E-state index contributed by atoms with van der Waals surface area (Å²) in [4.78, 5) is 44.0. The van der Waals surface area contributed by atoms with Crippen LogP contribution in [0.15, 0.2) is 90.1 Å². The van der Waals surface area contributed by atoms with Crippen LogP contribution in [-0.4, -0.2) is 69.5 Å². The average Bonchev–Trinajstić information content (AvgIpc) is 3.31. The normalized spacial score (nSPS) is 20.8. The molecule has 3 N–H and O–H groups in total. The lowest BCUT2D eigenvalue weighted by atomic mass is 9.68. The number of methoxy groups -OCH3 is 1. The van der Waals surface area contributed by atoms with Crippen LogP contribution in [0.1, 0.15) is 30.5 Å². The summed E-state index contributed by atoms with van der Waals surface area (Å²) >= 11 is 0. The lowest BCUT2D eigenvalue weighted by molar-refractivity contribution is -0.137. The third-order valence-corrected chi connectivity index (χ3v) is 8.17. The molecule has 1 aliphatic heterocycles. The van der Waals surface area contributed by atoms with Crippen LogP contribution in [0.2, 0.25) is 0 Å². The molecule has 5 rings (SSSR count). The van der Waals surface area contributed by atoms with Crippen LogP contribution >= 0.6 is 0 Å². The van der Waals surface area contributed by atoms with E-state index in [1.807, 2.05) is 42.5 Å². The number of aromatic hydroxyl groups is 1. The molecule has 1 fully saturated rings. The number of hydrogen-bond acceptors (Lipinski definition) is 9. The molecule has 228 valence electrons. The number of aromatic nitrogens is 1. The maximum atomic E-state index is 13.4. The van der Waals surface area contributed by atoms with Crippen LogP contribution in [-0.2, 0) is 14.3 Å². The van der Waals surface area contributed by atoms with Gasteiger partial charge >= 0.3 is 6.09 Å². The number of carbonyl (C=O) groups excluding carboxylic acids is 3. The molecular formula is C34H34N2O8. The summed E-state index contributed by atoms with van der Waals surface area (Å²) in [7, 11) is 1.09. The summed E-state index contributed by atoms with van der Waals surface area (Å²) < 4.78 is 10.7. The lowest BCUT2D eigenvalue weighted by Crippen LogP contribution is -2.40. The van der Waals surface area contributed by atoms with E-state index in [2.05, 4.69) is 9.72 Å². The molecule has 10 nitrogen and oxygen atoms in total. The summed E-state index contributed by atoms with van der Waals surface area (Å²) in [5.41, 5.74) is 3.40. The van der Waals surface area contributed by atoms with Gasteiger partial charge in [0.15, 0.2) is 0 Å². The van der Waals surface area contributed by atoms with Crippen molar-refractivity contribution in [1.82, 2.24) is 9.88 Å². The van der Waals surface area contributed by atoms with Crippen LogP contribution in [0.25, 0.3) is 11.6 Å². The topological polar surface area (TPSA) is 146 Å². The van der Waals surface area contributed by atoms with Gasteiger partial charge in [0.25, 0.3) is 0 Å². The molecule has 10 heteroatoms. The first kappa shape index (κ1) is 30.7. The highest BCUT2D eigenvalue weighted by atomic mass is 16.5. The molecule has 44 heavy (non-hydrogen) atoms. The molecule has 1 saturated heterocycles. The summed E-state index contributed by atoms with van der Waals surface area (Å²) in [6.07, 6.45) is 2.09. The molecule has 3 amide bonds. The first-order valence-electron chi connectivity index (χ1n) is 14.4. The number of amides is 3. The van der Waals surface area contributed by atoms with Gasteiger partial charge in [-0.2, -0.15) is 4.90 Å². The van der Waals surface area contributed by atoms with Crippen molar-refractivity contribution in [3.8, 4) is 11.5 Å². The monoisotopic (exact) mass is 598 g/mol. The molecule has 1 aromatic heterocycles. The predicted molar refractivity (Wildman–Crippen MR) is 161 cm³/mol. The van der Waals surface area contributed by atoms with Crippen LogP contribution in [0, 0.1) is 17.8 Å². The van der Waals surface area contributed by atoms with Crippen molar-refractivity contribution in [3.63, 3.8) is 0 Å². The number of phenolic OH excluding ortho intramolecular Hbond substituents is 1. The number of rotatable bonds is 10. The second-order valence-electron chi connectivity index (χ2n) is 10.8. The number of hydrogen-bond donors (Lipinski definition) is 3. The van der Waals surface area contributed by atoms with Crippen LogP contribution in [0.5, 0.6) is 11.5 Å². The number of likely N-dealkylation sites (tertiary alicyclic amines) is 1. The highest BCUT2D eigenvalue weighted by molar-refractivity contribution is 6.16. The summed E-state index contributed by atoms with van der Waals surface area (Å²) in [5.74, 6) is -3.56. The molecule has 0 radical (unpaired) electrons. The fourth-order valence-electron chi connectivity index (χ4n) is 6.10. The van der Waals surface area contributed by atoms with Gasteiger partial charge in [-0.1, -0.05) is 36.4 Å². The van der Waals surface area contributed by atoms with Gasteiger partial charge < -0.3 is 24.8 Å². The minimum Gasteiger partial charge on any atom is -0.508 e. The Morgan fingerprint density at radius 1 is 1.05 bits per heavy atom. The van der Waals surface area contributed by atoms with Crippen molar-refractivity contribution in [1.29, 1.82) is 0 Å². The SMILES string of the molecule is COC(=O)N1C(=O)[C@@H]2[C@@H](CC(COc3ccccc3)=C([C@H](O)CC/C(=C/c3ccc(O)cc3)c3ccccn3)[C@@H]2CO)C1=O. The second kappa shape index (κ2) is 13.7. The summed E-state index contributed by atoms with van der Waals surface area (Å²) in [6, 6.07) is 21.3. The maximum Gasteiger partial charge on any atom is 0.423 e. The van der Waals surface area contributed by atoms with E-state index in [0.717, 1.165) is 18.2 Å². The molecule has 2 aromatic carbocycles. The standard InChI is InChI=1S/C34H34N2O8/c1-43-34(42)36-32(40)26-18-23(20-44-25-7-3-2-4-8-25)30(27(19-37)31(26)33(36)41)29(39)15-12-22(28-9-5-6-16-35-28)17-21-10-13-24(38)14-11-21/h2-11,13-14,16-17,26-27,29,31,37-39H,12,15,18-20H2,1H3/b22-17-/t26-,27+,29-,31-/m1/s1. The number of phenols is 1. The third kappa shape index (κ3) is 6.41. The van der Waals surface area contributed by atoms with Gasteiger partial charge in [0, 0.05) is 12.1 Å². The number of aliphatic hydroxyl groups is 2. The Morgan fingerprint density at radius 2 is 1.77 bits per heavy atom. The summed E-state index contributed by atoms with van der Waals surface area (Å²) in [6.45, 7) is -0.501. The number of carbonyl (C=O) groups is 3. The Kier molecular flexibility index (Phi) is 9.52. The first-order valence-corrected chi connectivity index (χ1v) is 14.4. The van der Waals surface area contributed by atoms with Gasteiger partial charge in [0.05, 0.1) is 37.4 Å². The number of nitrogens with zero attached hydrogens (tertiary/aromatic N) is 2. The van der Waals surface area contributed by atoms with Gasteiger partial charge in [0.2, 0.25) is 11.8 Å². The van der Waals surface area contributed by atoms with E-state index in [-0.39, 0.29) is 25.2 Å². The molecule has 0 spiro atoms. The van der Waals surface area contributed by atoms with Crippen molar-refractivity contribution < 1.29 is 39.2 Å². The first-order chi connectivity index (χ1) is 21.3. The van der Waals surface area contributed by atoms with Gasteiger partial charge in [-0.25, -0.2) is 4.79 Å². The number of allylic oxidation sites excluding steroid dienone is 1. The smallest absolute Gasteiger partial charge is 0.423 e. The molecule has 2 heterocycles. The van der Waals surface area contributed by atoms with Gasteiger partial charge in [-0.3, -0.25) is 14.6 Å². The van der Waals surface area contributed by atoms with E-state index in [1.165, 1.54) is 0 Å². The van der Waals surface area contributed by atoms with E-state index in [0.29, 0.717) is 33.9 Å². The van der Waals surface area contributed by atoms with Gasteiger partial charge in [-0.15, -0.1) is 0 Å². The van der Waals surface area contributed by atoms with E-state index < -0.39 is 48.4 Å². The highest BCUT2D eigenvalue weighted by Gasteiger charge is 2.57. The minimum absolute atomic E-state index is 0.0201. The van der Waals surface area contributed by atoms with E-state index >= 15 is 0 Å². The fourth-order valence-corrected chi connectivity index (χ4v) is 6.10. The number of para-hydroxylation sites is 1. The lowest BCUT2D eigenvalue weighted by Gasteiger charge is -2.36. The van der Waals surface area contributed by atoms with Crippen LogP contribution in [0.3, 0.4) is 0 Å². The molecule has 0 bridgehead atoms. The Hall–Kier alpha value is -4.80. The number of ether oxygens (including phenoxy) is 2. The Balaban J connectivity index is 1.48. The van der Waals surface area contributed by atoms with Crippen molar-refractivity contribution in [3.05, 3.63) is 101 Å². The molecule has 0 unspecified atom stereocenters. The number of imide groups is 3. The number of pyridine rings is 1. The van der Waals surface area contributed by atoms with E-state index in [9.17, 15) is 29.7 Å². The fraction of sp³-hybridized carbons (Fsp3) is 0.294. The summed E-state index contributed by atoms with van der Waals surface area (Å²) in [5, 5.41) is 32.0. The number of benzene rings is 2. The van der Waals surface area contributed by atoms with E-state index in [1.54, 1.807) is 42.6 Å². The Labute approximate surface area is 254 Å². The quantitative estimate of drug-likeness (QED) is 0.231. The highest BCUT2D eigenvalue weighted by Crippen LogP contribution is 2.46. The van der Waals surface area contributed by atoms with Crippen LogP contribution in [0.4, 0.5) is 4.79 Å². The van der Waals surface area contributed by atoms with Crippen molar-refractivity contribution in [2.45, 2.75) is 25.4 Å². The van der Waals surface area contributed by atoms with E-state index in [4.69, 9.17) is 4.74 Å². The molecule has 0 saturated carbocycles. The zero-order chi connectivity index (χ0) is 31.2. The van der Waals surface area contributed by atoms with Crippen molar-refractivity contribution in [2.75, 3.05) is 20.3 Å². The molecule has 1 aliphatic carbocycles. The molecule has 2 aliphatic rings. The Morgan fingerprint density at radius 3 is 2.43 bits per heavy atom. The molecule has 3 aromatic rings. The third-order valence-electron chi connectivity index (χ3n) is 8.17.